The van der Waals surface area contributed by atoms with Crippen LogP contribution in [0.3, 0.4) is 0 Å². The molecule has 2 aliphatic carbocycles. The number of rotatable bonds is 20. The molecule has 1 unspecified atom stereocenters. The molecule has 6 heteroatoms. The molecule has 0 heterocycles. The van der Waals surface area contributed by atoms with Crippen molar-refractivity contribution in [3.63, 3.8) is 0 Å². The summed E-state index contributed by atoms with van der Waals surface area (Å²) in [5, 5.41) is 0. The average molecular weight is 703 g/mol. The smallest absolute Gasteiger partial charge is 0.336 e. The van der Waals surface area contributed by atoms with Crippen LogP contribution in [0.4, 0.5) is 0 Å². The second-order valence-corrected chi connectivity index (χ2v) is 14.2. The Balaban J connectivity index is 1.02. The number of benzene rings is 4. The van der Waals surface area contributed by atoms with Gasteiger partial charge in [0.2, 0.25) is 0 Å². The Labute approximate surface area is 310 Å². The van der Waals surface area contributed by atoms with Crippen molar-refractivity contribution in [2.45, 2.75) is 109 Å². The summed E-state index contributed by atoms with van der Waals surface area (Å²) in [5.41, 5.74) is 6.97. The maximum absolute atomic E-state index is 12.9. The van der Waals surface area contributed by atoms with Crippen molar-refractivity contribution in [1.29, 1.82) is 0 Å². The van der Waals surface area contributed by atoms with Crippen molar-refractivity contribution in [2.75, 3.05) is 13.2 Å². The molecule has 52 heavy (non-hydrogen) atoms. The minimum Gasteiger partial charge on any atom is -0.494 e. The van der Waals surface area contributed by atoms with Crippen molar-refractivity contribution in [3.8, 4) is 23.0 Å². The van der Waals surface area contributed by atoms with Crippen LogP contribution < -0.4 is 19.1 Å². The molecule has 4 aromatic carbocycles. The molecule has 0 aromatic heterocycles. The third kappa shape index (κ3) is 9.86. The summed E-state index contributed by atoms with van der Waals surface area (Å²) in [4.78, 5) is 24.4. The first-order valence-corrected chi connectivity index (χ1v) is 19.5. The van der Waals surface area contributed by atoms with Gasteiger partial charge < -0.3 is 19.1 Å². The lowest BCUT2D eigenvalue weighted by molar-refractivity contribution is -0.217. The number of aryl methyl sites for hydroxylation is 2. The summed E-state index contributed by atoms with van der Waals surface area (Å²) in [6, 6.07) is 28.2. The van der Waals surface area contributed by atoms with E-state index in [4.69, 9.17) is 24.0 Å². The minimum atomic E-state index is -0.400. The number of hydrogen-bond acceptors (Lipinski definition) is 6. The van der Waals surface area contributed by atoms with E-state index in [0.29, 0.717) is 18.1 Å². The van der Waals surface area contributed by atoms with Gasteiger partial charge in [-0.25, -0.2) is 4.79 Å². The van der Waals surface area contributed by atoms with Crippen LogP contribution in [0.25, 0.3) is 6.08 Å². The third-order valence-corrected chi connectivity index (χ3v) is 10.4. The lowest BCUT2D eigenvalue weighted by atomic mass is 9.76. The number of hydrogen-bond donors (Lipinski definition) is 0. The summed E-state index contributed by atoms with van der Waals surface area (Å²) < 4.78 is 17.6. The highest BCUT2D eigenvalue weighted by Crippen LogP contribution is 2.53. The second kappa shape index (κ2) is 18.8. The molecule has 0 bridgehead atoms. The molecule has 2 aliphatic rings. The summed E-state index contributed by atoms with van der Waals surface area (Å²) in [6.07, 6.45) is 18.1. The molecule has 0 N–H and O–H groups in total. The molecule has 4 aromatic rings. The predicted molar refractivity (Wildman–Crippen MR) is 207 cm³/mol. The van der Waals surface area contributed by atoms with Gasteiger partial charge in [-0.3, -0.25) is 0 Å². The van der Waals surface area contributed by atoms with Crippen LogP contribution in [-0.4, -0.2) is 19.2 Å². The van der Waals surface area contributed by atoms with E-state index in [9.17, 15) is 4.79 Å². The highest BCUT2D eigenvalue weighted by molar-refractivity contribution is 5.88. The van der Waals surface area contributed by atoms with Gasteiger partial charge in [-0.2, -0.15) is 4.89 Å². The van der Waals surface area contributed by atoms with E-state index in [1.807, 2.05) is 60.7 Å². The fraction of sp³-hybridized carbons (Fsp3) is 0.413. The number of carbonyl (C=O) groups excluding carboxylic acids is 1. The predicted octanol–water partition coefficient (Wildman–Crippen LogP) is 11.3. The number of fused-ring (bicyclic) bond motifs is 4. The second-order valence-electron chi connectivity index (χ2n) is 14.2. The van der Waals surface area contributed by atoms with Gasteiger partial charge in [-0.05, 0) is 127 Å². The molecule has 1 atom stereocenters. The van der Waals surface area contributed by atoms with Crippen molar-refractivity contribution >= 4 is 12.0 Å². The highest BCUT2D eigenvalue weighted by Gasteiger charge is 2.45. The van der Waals surface area contributed by atoms with Crippen LogP contribution in [0.15, 0.2) is 91.0 Å². The molecule has 0 amide bonds. The molecule has 6 rings (SSSR count). The van der Waals surface area contributed by atoms with E-state index in [1.54, 1.807) is 6.08 Å². The zero-order valence-corrected chi connectivity index (χ0v) is 31.0. The quantitative estimate of drug-likeness (QED) is 0.0228. The summed E-state index contributed by atoms with van der Waals surface area (Å²) in [7, 11) is 0. The van der Waals surface area contributed by atoms with Crippen molar-refractivity contribution in [3.05, 3.63) is 124 Å². The van der Waals surface area contributed by atoms with E-state index >= 15 is 0 Å². The Bertz CT molecular complexity index is 1760. The van der Waals surface area contributed by atoms with Gasteiger partial charge in [0.15, 0.2) is 5.75 Å². The maximum Gasteiger partial charge on any atom is 0.336 e. The van der Waals surface area contributed by atoms with E-state index in [2.05, 4.69) is 38.1 Å². The number of esters is 1. The highest BCUT2D eigenvalue weighted by atomic mass is 17.2. The molecule has 0 fully saturated rings. The van der Waals surface area contributed by atoms with Crippen LogP contribution in [0.1, 0.15) is 118 Å². The normalized spacial score (nSPS) is 15.9. The topological polar surface area (TPSA) is 63.2 Å². The molecule has 274 valence electrons. The fourth-order valence-electron chi connectivity index (χ4n) is 7.51. The molecule has 0 saturated carbocycles. The minimum absolute atomic E-state index is 0.131. The zero-order valence-electron chi connectivity index (χ0n) is 31.0. The average Bonchev–Trinajstić information content (AvgIpc) is 3.73. The van der Waals surface area contributed by atoms with Crippen molar-refractivity contribution < 1.29 is 28.8 Å². The van der Waals surface area contributed by atoms with Crippen LogP contribution >= 0.6 is 0 Å². The summed E-state index contributed by atoms with van der Waals surface area (Å²) in [6.45, 7) is 6.25. The Kier molecular flexibility index (Phi) is 13.5. The van der Waals surface area contributed by atoms with Gasteiger partial charge in [0.05, 0.1) is 13.2 Å². The molecule has 0 saturated heterocycles. The first-order chi connectivity index (χ1) is 25.6. The Morgan fingerprint density at radius 1 is 0.635 bits per heavy atom. The lowest BCUT2D eigenvalue weighted by Gasteiger charge is -2.27. The van der Waals surface area contributed by atoms with Gasteiger partial charge in [-0.1, -0.05) is 95.2 Å². The summed E-state index contributed by atoms with van der Waals surface area (Å²) in [5.74, 6) is 2.58. The Morgan fingerprint density at radius 2 is 1.17 bits per heavy atom. The van der Waals surface area contributed by atoms with E-state index in [0.717, 1.165) is 74.4 Å². The monoisotopic (exact) mass is 702 g/mol. The molecule has 0 aliphatic heterocycles. The van der Waals surface area contributed by atoms with E-state index in [1.165, 1.54) is 73.3 Å². The van der Waals surface area contributed by atoms with Crippen molar-refractivity contribution in [2.24, 2.45) is 0 Å². The van der Waals surface area contributed by atoms with Gasteiger partial charge in [0.1, 0.15) is 23.9 Å². The first kappa shape index (κ1) is 37.2. The first-order valence-electron chi connectivity index (χ1n) is 19.5. The summed E-state index contributed by atoms with van der Waals surface area (Å²) >= 11 is 0. The Hall–Kier alpha value is -4.55. The third-order valence-electron chi connectivity index (χ3n) is 10.4. The molecule has 1 spiro atoms. The zero-order chi connectivity index (χ0) is 36.0. The van der Waals surface area contributed by atoms with Crippen LogP contribution in [0.5, 0.6) is 23.0 Å². The van der Waals surface area contributed by atoms with Gasteiger partial charge >= 0.3 is 5.97 Å². The number of ether oxygens (including phenoxy) is 3. The van der Waals surface area contributed by atoms with Gasteiger partial charge in [0, 0.05) is 11.5 Å². The molecular weight excluding hydrogens is 648 g/mol. The van der Waals surface area contributed by atoms with Crippen molar-refractivity contribution in [1.82, 2.24) is 0 Å². The Morgan fingerprint density at radius 3 is 1.81 bits per heavy atom. The largest absolute Gasteiger partial charge is 0.494 e. The van der Waals surface area contributed by atoms with Crippen LogP contribution in [0, 0.1) is 0 Å². The maximum atomic E-state index is 12.9. The molecule has 0 radical (unpaired) electrons. The van der Waals surface area contributed by atoms with Crippen LogP contribution in [-0.2, 0) is 34.5 Å². The fourth-order valence-corrected chi connectivity index (χ4v) is 7.51. The van der Waals surface area contributed by atoms with E-state index < -0.39 is 5.97 Å². The van der Waals surface area contributed by atoms with Crippen LogP contribution in [0.2, 0.25) is 0 Å². The lowest BCUT2D eigenvalue weighted by Crippen LogP contribution is -2.21. The number of unbranched alkanes of at least 4 members (excludes halogenated alkanes) is 7. The van der Waals surface area contributed by atoms with Gasteiger partial charge in [0.25, 0.3) is 0 Å². The SMILES string of the molecule is CCCCCCCOc1ccc(COOc2ccc3c(c2)C2(CC3)CCc3ccc(OC(=O)/C=C/c4ccc(OCCCCCC)cc4)cc32)cc1. The molecule has 6 nitrogen and oxygen atoms in total. The van der Waals surface area contributed by atoms with Gasteiger partial charge in [-0.15, -0.1) is 0 Å². The van der Waals surface area contributed by atoms with E-state index in [-0.39, 0.29) is 5.41 Å². The molecular formula is C46H54O6. The number of carbonyl (C=O) groups is 1. The standard InChI is InChI=1S/C46H54O6/c1-3-5-7-9-11-31-49-40-21-14-36(15-22-40)34-50-52-42-24-18-38-27-29-46(44(38)33-42)28-26-37-17-23-41(32-43(37)46)51-45(47)25-16-35-12-19-39(20-13-35)48-30-10-8-6-4-2/h12-25,32-33H,3-11,26-31,34H2,1-2H3/b25-16+.